The van der Waals surface area contributed by atoms with Crippen molar-refractivity contribution in [3.63, 3.8) is 0 Å². The SMILES string of the molecule is COc1ccc(C(C)(C(=O)O)c2ccc(N3CCCC3)cc2)c(C)c1. The molecule has 132 valence electrons. The smallest absolute Gasteiger partial charge is 0.318 e. The van der Waals surface area contributed by atoms with E-state index in [0.29, 0.717) is 0 Å². The van der Waals surface area contributed by atoms with Crippen molar-refractivity contribution >= 4 is 11.7 Å². The largest absolute Gasteiger partial charge is 0.497 e. The number of methoxy groups -OCH3 is 1. The Morgan fingerprint density at radius 3 is 2.28 bits per heavy atom. The Labute approximate surface area is 149 Å². The summed E-state index contributed by atoms with van der Waals surface area (Å²) in [7, 11) is 1.61. The Bertz CT molecular complexity index is 763. The number of carbonyl (C=O) groups is 1. The van der Waals surface area contributed by atoms with Crippen LogP contribution in [0.2, 0.25) is 0 Å². The molecule has 2 aromatic rings. The fourth-order valence-corrected chi connectivity index (χ4v) is 3.70. The standard InChI is InChI=1S/C21H25NO3/c1-15-14-18(25-3)10-11-19(15)21(2,20(23)24)16-6-8-17(9-7-16)22-12-4-5-13-22/h6-11,14H,4-5,12-13H2,1-3H3,(H,23,24). The van der Waals surface area contributed by atoms with E-state index in [1.54, 1.807) is 14.0 Å². The van der Waals surface area contributed by atoms with E-state index in [1.807, 2.05) is 49.4 Å². The number of anilines is 1. The van der Waals surface area contributed by atoms with Crippen LogP contribution < -0.4 is 9.64 Å². The molecule has 1 N–H and O–H groups in total. The summed E-state index contributed by atoms with van der Waals surface area (Å²) in [6.07, 6.45) is 2.44. The number of hydrogen-bond acceptors (Lipinski definition) is 3. The molecule has 4 heteroatoms. The van der Waals surface area contributed by atoms with Crippen molar-refractivity contribution in [1.29, 1.82) is 0 Å². The van der Waals surface area contributed by atoms with Crippen LogP contribution in [0.4, 0.5) is 5.69 Å². The third-order valence-electron chi connectivity index (χ3n) is 5.32. The molecule has 1 atom stereocenters. The highest BCUT2D eigenvalue weighted by Gasteiger charge is 2.38. The highest BCUT2D eigenvalue weighted by Crippen LogP contribution is 2.36. The van der Waals surface area contributed by atoms with Gasteiger partial charge in [-0.15, -0.1) is 0 Å². The molecule has 1 saturated heterocycles. The van der Waals surface area contributed by atoms with Crippen molar-refractivity contribution in [1.82, 2.24) is 0 Å². The van der Waals surface area contributed by atoms with Crippen molar-refractivity contribution in [2.45, 2.75) is 32.1 Å². The van der Waals surface area contributed by atoms with Crippen molar-refractivity contribution in [2.24, 2.45) is 0 Å². The second-order valence-corrected chi connectivity index (χ2v) is 6.85. The van der Waals surface area contributed by atoms with Crippen molar-refractivity contribution in [2.75, 3.05) is 25.1 Å². The van der Waals surface area contributed by atoms with Gasteiger partial charge in [-0.05, 0) is 67.6 Å². The lowest BCUT2D eigenvalue weighted by Gasteiger charge is -2.29. The van der Waals surface area contributed by atoms with Gasteiger partial charge >= 0.3 is 5.97 Å². The van der Waals surface area contributed by atoms with Crippen LogP contribution in [-0.2, 0) is 10.2 Å². The van der Waals surface area contributed by atoms with Crippen LogP contribution in [0.3, 0.4) is 0 Å². The number of aliphatic carboxylic acids is 1. The molecule has 1 heterocycles. The molecule has 25 heavy (non-hydrogen) atoms. The summed E-state index contributed by atoms with van der Waals surface area (Å²) in [5, 5.41) is 10.0. The number of aryl methyl sites for hydroxylation is 1. The van der Waals surface area contributed by atoms with Crippen LogP contribution >= 0.6 is 0 Å². The monoisotopic (exact) mass is 339 g/mol. The zero-order valence-electron chi connectivity index (χ0n) is 15.1. The lowest BCUT2D eigenvalue weighted by atomic mass is 9.74. The Hall–Kier alpha value is -2.49. The minimum atomic E-state index is -1.10. The fraction of sp³-hybridized carbons (Fsp3) is 0.381. The van der Waals surface area contributed by atoms with Gasteiger partial charge in [0.05, 0.1) is 7.11 Å². The number of nitrogens with zero attached hydrogens (tertiary/aromatic N) is 1. The highest BCUT2D eigenvalue weighted by atomic mass is 16.5. The Balaban J connectivity index is 2.01. The lowest BCUT2D eigenvalue weighted by Crippen LogP contribution is -2.34. The summed E-state index contributed by atoms with van der Waals surface area (Å²) in [5.41, 5.74) is 2.55. The number of ether oxygens (including phenoxy) is 1. The molecule has 0 bridgehead atoms. The summed E-state index contributed by atoms with van der Waals surface area (Å²) in [5.74, 6) is -0.118. The summed E-state index contributed by atoms with van der Waals surface area (Å²) in [6.45, 7) is 5.85. The van der Waals surface area contributed by atoms with Crippen LogP contribution in [-0.4, -0.2) is 31.3 Å². The van der Waals surface area contributed by atoms with Gasteiger partial charge in [-0.3, -0.25) is 4.79 Å². The van der Waals surface area contributed by atoms with Gasteiger partial charge in [0.15, 0.2) is 0 Å². The first-order valence-electron chi connectivity index (χ1n) is 8.71. The van der Waals surface area contributed by atoms with Gasteiger partial charge in [0.25, 0.3) is 0 Å². The zero-order chi connectivity index (χ0) is 18.0. The number of benzene rings is 2. The molecule has 1 unspecified atom stereocenters. The number of rotatable bonds is 5. The van der Waals surface area contributed by atoms with Gasteiger partial charge in [-0.1, -0.05) is 18.2 Å². The molecular formula is C21H25NO3. The molecule has 0 saturated carbocycles. The second kappa shape index (κ2) is 6.79. The average molecular weight is 339 g/mol. The topological polar surface area (TPSA) is 49.8 Å². The van der Waals surface area contributed by atoms with Gasteiger partial charge in [-0.25, -0.2) is 0 Å². The third kappa shape index (κ3) is 3.09. The van der Waals surface area contributed by atoms with E-state index in [2.05, 4.69) is 4.90 Å². The van der Waals surface area contributed by atoms with E-state index in [1.165, 1.54) is 18.5 Å². The summed E-state index contributed by atoms with van der Waals surface area (Å²) in [6, 6.07) is 13.5. The number of carboxylic acids is 1. The van der Waals surface area contributed by atoms with Crippen molar-refractivity contribution in [3.8, 4) is 5.75 Å². The average Bonchev–Trinajstić information content (AvgIpc) is 3.15. The number of carboxylic acid groups (broad SMARTS) is 1. The van der Waals surface area contributed by atoms with Crippen LogP contribution in [0.1, 0.15) is 36.5 Å². The Morgan fingerprint density at radius 1 is 1.12 bits per heavy atom. The molecule has 1 aliphatic heterocycles. The van der Waals surface area contributed by atoms with Gasteiger partial charge in [0.1, 0.15) is 11.2 Å². The van der Waals surface area contributed by atoms with Crippen LogP contribution in [0.5, 0.6) is 5.75 Å². The first-order chi connectivity index (χ1) is 12.0. The van der Waals surface area contributed by atoms with Crippen molar-refractivity contribution < 1.29 is 14.6 Å². The Morgan fingerprint density at radius 2 is 1.76 bits per heavy atom. The summed E-state index contributed by atoms with van der Waals surface area (Å²) >= 11 is 0. The van der Waals surface area contributed by atoms with E-state index in [0.717, 1.165) is 35.5 Å². The van der Waals surface area contributed by atoms with E-state index in [4.69, 9.17) is 4.74 Å². The molecule has 0 aliphatic carbocycles. The van der Waals surface area contributed by atoms with E-state index < -0.39 is 11.4 Å². The molecule has 0 spiro atoms. The van der Waals surface area contributed by atoms with Crippen LogP contribution in [0.15, 0.2) is 42.5 Å². The highest BCUT2D eigenvalue weighted by molar-refractivity contribution is 5.86. The zero-order valence-corrected chi connectivity index (χ0v) is 15.1. The maximum absolute atomic E-state index is 12.2. The first-order valence-corrected chi connectivity index (χ1v) is 8.71. The van der Waals surface area contributed by atoms with E-state index in [-0.39, 0.29) is 0 Å². The maximum atomic E-state index is 12.2. The van der Waals surface area contributed by atoms with Gasteiger partial charge in [0.2, 0.25) is 0 Å². The maximum Gasteiger partial charge on any atom is 0.318 e. The summed E-state index contributed by atoms with van der Waals surface area (Å²) < 4.78 is 5.25. The molecule has 1 fully saturated rings. The summed E-state index contributed by atoms with van der Waals surface area (Å²) in [4.78, 5) is 14.6. The lowest BCUT2D eigenvalue weighted by molar-refractivity contribution is -0.141. The van der Waals surface area contributed by atoms with Gasteiger partial charge < -0.3 is 14.7 Å². The first kappa shape index (κ1) is 17.3. The minimum absolute atomic E-state index is 0.735. The predicted molar refractivity (Wildman–Crippen MR) is 99.7 cm³/mol. The molecular weight excluding hydrogens is 314 g/mol. The normalized spacial score (nSPS) is 16.5. The fourth-order valence-electron chi connectivity index (χ4n) is 3.70. The molecule has 1 aliphatic rings. The molecule has 2 aromatic carbocycles. The van der Waals surface area contributed by atoms with E-state index in [9.17, 15) is 9.90 Å². The molecule has 4 nitrogen and oxygen atoms in total. The van der Waals surface area contributed by atoms with Crippen LogP contribution in [0.25, 0.3) is 0 Å². The van der Waals surface area contributed by atoms with Crippen molar-refractivity contribution in [3.05, 3.63) is 59.2 Å². The van der Waals surface area contributed by atoms with Gasteiger partial charge in [0, 0.05) is 18.8 Å². The third-order valence-corrected chi connectivity index (χ3v) is 5.32. The number of hydrogen-bond donors (Lipinski definition) is 1. The molecule has 3 rings (SSSR count). The minimum Gasteiger partial charge on any atom is -0.497 e. The molecule has 0 radical (unpaired) electrons. The quantitative estimate of drug-likeness (QED) is 0.895. The molecule has 0 amide bonds. The predicted octanol–water partition coefficient (Wildman–Crippen LogP) is 3.99. The molecule has 0 aromatic heterocycles. The van der Waals surface area contributed by atoms with E-state index >= 15 is 0 Å². The van der Waals surface area contributed by atoms with Gasteiger partial charge in [-0.2, -0.15) is 0 Å². The second-order valence-electron chi connectivity index (χ2n) is 6.85. The Kier molecular flexibility index (Phi) is 4.71. The van der Waals surface area contributed by atoms with Crippen LogP contribution in [0, 0.1) is 6.92 Å².